The van der Waals surface area contributed by atoms with Crippen LogP contribution in [0.1, 0.15) is 16.2 Å². The van der Waals surface area contributed by atoms with E-state index in [9.17, 15) is 4.79 Å². The lowest BCUT2D eigenvalue weighted by molar-refractivity contribution is 0.0434. The molecule has 0 saturated carbocycles. The van der Waals surface area contributed by atoms with Crippen molar-refractivity contribution in [3.8, 4) is 0 Å². The van der Waals surface area contributed by atoms with Crippen molar-refractivity contribution in [2.24, 2.45) is 0 Å². The number of rotatable bonds is 3. The fourth-order valence-corrected chi connectivity index (χ4v) is 2.48. The first-order valence-electron chi connectivity index (χ1n) is 7.30. The zero-order valence-electron chi connectivity index (χ0n) is 12.2. The highest BCUT2D eigenvalue weighted by atomic mass is 16.5. The van der Waals surface area contributed by atoms with Gasteiger partial charge < -0.3 is 9.15 Å². The highest BCUT2D eigenvalue weighted by Crippen LogP contribution is 2.20. The van der Waals surface area contributed by atoms with E-state index in [0.717, 1.165) is 16.3 Å². The first-order chi connectivity index (χ1) is 11.3. The Labute approximate surface area is 132 Å². The number of hydrogen-bond acceptors (Lipinski definition) is 4. The summed E-state index contributed by atoms with van der Waals surface area (Å²) in [6.45, 7) is 0.112. The number of benzene rings is 2. The van der Waals surface area contributed by atoms with Crippen LogP contribution in [0.2, 0.25) is 0 Å². The van der Waals surface area contributed by atoms with Crippen LogP contribution in [-0.2, 0) is 11.3 Å². The molecule has 2 aromatic carbocycles. The molecule has 0 aliphatic rings. The van der Waals surface area contributed by atoms with Crippen LogP contribution in [-0.4, -0.2) is 11.0 Å². The van der Waals surface area contributed by atoms with Gasteiger partial charge in [0.2, 0.25) is 5.76 Å². The molecule has 23 heavy (non-hydrogen) atoms. The maximum absolute atomic E-state index is 12.1. The van der Waals surface area contributed by atoms with Crippen LogP contribution >= 0.6 is 0 Å². The average Bonchev–Trinajstić information content (AvgIpc) is 3.04. The third-order valence-corrected chi connectivity index (χ3v) is 3.63. The van der Waals surface area contributed by atoms with E-state index in [0.29, 0.717) is 11.3 Å². The fraction of sp³-hybridized carbons (Fsp3) is 0.0526. The van der Waals surface area contributed by atoms with Gasteiger partial charge in [0.1, 0.15) is 12.2 Å². The van der Waals surface area contributed by atoms with Crippen molar-refractivity contribution in [2.45, 2.75) is 6.61 Å². The lowest BCUT2D eigenvalue weighted by atomic mass is 10.2. The molecule has 0 aliphatic heterocycles. The number of hydrogen-bond donors (Lipinski definition) is 0. The molecule has 0 spiro atoms. The number of furan rings is 1. The molecule has 0 saturated heterocycles. The molecule has 0 atom stereocenters. The maximum atomic E-state index is 12.1. The molecule has 0 amide bonds. The van der Waals surface area contributed by atoms with Gasteiger partial charge in [0.05, 0.1) is 11.2 Å². The second-order valence-corrected chi connectivity index (χ2v) is 5.22. The van der Waals surface area contributed by atoms with Crippen LogP contribution in [0.3, 0.4) is 0 Å². The van der Waals surface area contributed by atoms with Crippen LogP contribution in [0.15, 0.2) is 71.1 Å². The van der Waals surface area contributed by atoms with E-state index < -0.39 is 5.97 Å². The summed E-state index contributed by atoms with van der Waals surface area (Å²) in [5.41, 5.74) is 2.25. The van der Waals surface area contributed by atoms with Crippen molar-refractivity contribution >= 4 is 27.8 Å². The van der Waals surface area contributed by atoms with Gasteiger partial charge in [-0.3, -0.25) is 0 Å². The number of esters is 1. The molecule has 0 fully saturated rings. The zero-order valence-corrected chi connectivity index (χ0v) is 12.2. The van der Waals surface area contributed by atoms with E-state index >= 15 is 0 Å². The lowest BCUT2D eigenvalue weighted by Gasteiger charge is -2.04. The fourth-order valence-electron chi connectivity index (χ4n) is 2.48. The van der Waals surface area contributed by atoms with Crippen molar-refractivity contribution in [1.82, 2.24) is 4.98 Å². The quantitative estimate of drug-likeness (QED) is 0.528. The summed E-state index contributed by atoms with van der Waals surface area (Å²) in [6.07, 6.45) is 0. The van der Waals surface area contributed by atoms with Gasteiger partial charge in [-0.25, -0.2) is 9.78 Å². The van der Waals surface area contributed by atoms with Crippen LogP contribution in [0.4, 0.5) is 0 Å². The minimum absolute atomic E-state index is 0.112. The Morgan fingerprint density at radius 2 is 1.74 bits per heavy atom. The molecule has 2 heterocycles. The van der Waals surface area contributed by atoms with E-state index in [1.165, 1.54) is 0 Å². The highest BCUT2D eigenvalue weighted by Gasteiger charge is 2.14. The summed E-state index contributed by atoms with van der Waals surface area (Å²) in [4.78, 5) is 16.6. The zero-order chi connectivity index (χ0) is 15.6. The maximum Gasteiger partial charge on any atom is 0.374 e. The van der Waals surface area contributed by atoms with Crippen LogP contribution in [0.25, 0.3) is 21.9 Å². The van der Waals surface area contributed by atoms with E-state index in [1.54, 1.807) is 6.07 Å². The monoisotopic (exact) mass is 303 g/mol. The van der Waals surface area contributed by atoms with Gasteiger partial charge >= 0.3 is 5.97 Å². The number of carbonyl (C=O) groups excluding carboxylic acids is 1. The van der Waals surface area contributed by atoms with E-state index in [2.05, 4.69) is 4.98 Å². The van der Waals surface area contributed by atoms with E-state index in [-0.39, 0.29) is 12.4 Å². The lowest BCUT2D eigenvalue weighted by Crippen LogP contribution is -2.05. The number of ether oxygens (including phenoxy) is 1. The summed E-state index contributed by atoms with van der Waals surface area (Å²) in [7, 11) is 0. The Morgan fingerprint density at radius 3 is 2.61 bits per heavy atom. The van der Waals surface area contributed by atoms with Gasteiger partial charge in [0.15, 0.2) is 0 Å². The Kier molecular flexibility index (Phi) is 3.27. The summed E-state index contributed by atoms with van der Waals surface area (Å²) in [5.74, 6) is -0.289. The van der Waals surface area contributed by atoms with Gasteiger partial charge in [-0.05, 0) is 24.3 Å². The van der Waals surface area contributed by atoms with Crippen molar-refractivity contribution in [2.75, 3.05) is 0 Å². The standard InChI is InChI=1S/C19H13NO3/c21-19(18-11-14-6-2-4-8-17(14)23-18)22-12-15-10-9-13-5-1-3-7-16(13)20-15/h1-11H,12H2. The van der Waals surface area contributed by atoms with E-state index in [1.807, 2.05) is 60.7 Å². The molecular weight excluding hydrogens is 290 g/mol. The number of carbonyl (C=O) groups is 1. The molecule has 0 N–H and O–H groups in total. The first kappa shape index (κ1) is 13.5. The second kappa shape index (κ2) is 5.57. The van der Waals surface area contributed by atoms with Crippen LogP contribution < -0.4 is 0 Å². The van der Waals surface area contributed by atoms with Gasteiger partial charge in [-0.1, -0.05) is 42.5 Å². The summed E-state index contributed by atoms with van der Waals surface area (Å²) >= 11 is 0. The molecule has 112 valence electrons. The van der Waals surface area contributed by atoms with E-state index in [4.69, 9.17) is 9.15 Å². The van der Waals surface area contributed by atoms with Crippen molar-refractivity contribution in [3.63, 3.8) is 0 Å². The van der Waals surface area contributed by atoms with Gasteiger partial charge in [0.25, 0.3) is 0 Å². The predicted octanol–water partition coefficient (Wildman–Crippen LogP) is 4.34. The largest absolute Gasteiger partial charge is 0.453 e. The normalized spacial score (nSPS) is 11.0. The highest BCUT2D eigenvalue weighted by molar-refractivity contribution is 5.92. The Balaban J connectivity index is 1.51. The third kappa shape index (κ3) is 2.66. The van der Waals surface area contributed by atoms with Crippen LogP contribution in [0.5, 0.6) is 0 Å². The number of aromatic nitrogens is 1. The second-order valence-electron chi connectivity index (χ2n) is 5.22. The SMILES string of the molecule is O=C(OCc1ccc2ccccc2n1)c1cc2ccccc2o1. The Hall–Kier alpha value is -3.14. The van der Waals surface area contributed by atoms with Gasteiger partial charge in [-0.2, -0.15) is 0 Å². The summed E-state index contributed by atoms with van der Waals surface area (Å²) in [5, 5.41) is 1.93. The molecule has 4 aromatic rings. The van der Waals surface area contributed by atoms with Gasteiger partial charge in [0, 0.05) is 10.8 Å². The average molecular weight is 303 g/mol. The third-order valence-electron chi connectivity index (χ3n) is 3.63. The van der Waals surface area contributed by atoms with Crippen molar-refractivity contribution in [3.05, 3.63) is 78.2 Å². The molecule has 0 aliphatic carbocycles. The smallest absolute Gasteiger partial charge is 0.374 e. The minimum atomic E-state index is -0.490. The van der Waals surface area contributed by atoms with Crippen LogP contribution in [0, 0.1) is 0 Å². The number of pyridine rings is 1. The Morgan fingerprint density at radius 1 is 0.957 bits per heavy atom. The Bertz CT molecular complexity index is 971. The molecular formula is C19H13NO3. The molecule has 4 heteroatoms. The molecule has 2 aromatic heterocycles. The number of para-hydroxylation sites is 2. The summed E-state index contributed by atoms with van der Waals surface area (Å²) < 4.78 is 10.8. The number of nitrogens with zero attached hydrogens (tertiary/aromatic N) is 1. The van der Waals surface area contributed by atoms with Crippen molar-refractivity contribution < 1.29 is 13.9 Å². The summed E-state index contributed by atoms with van der Waals surface area (Å²) in [6, 6.07) is 20.8. The van der Waals surface area contributed by atoms with Gasteiger partial charge in [-0.15, -0.1) is 0 Å². The minimum Gasteiger partial charge on any atom is -0.453 e. The molecule has 4 nitrogen and oxygen atoms in total. The molecule has 4 rings (SSSR count). The van der Waals surface area contributed by atoms with Crippen molar-refractivity contribution in [1.29, 1.82) is 0 Å². The predicted molar refractivity (Wildman–Crippen MR) is 87.1 cm³/mol. The molecule has 0 bridgehead atoms. The molecule has 0 radical (unpaired) electrons. The topological polar surface area (TPSA) is 52.3 Å². The number of fused-ring (bicyclic) bond motifs is 2. The first-order valence-corrected chi connectivity index (χ1v) is 7.30. The molecule has 0 unspecified atom stereocenters.